The van der Waals surface area contributed by atoms with E-state index < -0.39 is 0 Å². The number of hydrogen-bond acceptors (Lipinski definition) is 2. The zero-order valence-electron chi connectivity index (χ0n) is 11.8. The first-order valence-electron chi connectivity index (χ1n) is 6.42. The largest absolute Gasteiger partial charge is 0.378 e. The lowest BCUT2D eigenvalue weighted by Crippen LogP contribution is -2.18. The van der Waals surface area contributed by atoms with Crippen molar-refractivity contribution in [2.75, 3.05) is 26.0 Å². The lowest BCUT2D eigenvalue weighted by atomic mass is 9.98. The van der Waals surface area contributed by atoms with Crippen LogP contribution < -0.4 is 10.2 Å². The Labute approximate surface area is 124 Å². The summed E-state index contributed by atoms with van der Waals surface area (Å²) < 4.78 is 13.4. The van der Waals surface area contributed by atoms with E-state index in [9.17, 15) is 4.39 Å². The van der Waals surface area contributed by atoms with Gasteiger partial charge in [0.1, 0.15) is 5.82 Å². The van der Waals surface area contributed by atoms with Crippen LogP contribution in [-0.2, 0) is 0 Å². The van der Waals surface area contributed by atoms with E-state index in [1.165, 1.54) is 12.1 Å². The third-order valence-corrected chi connectivity index (χ3v) is 3.64. The monoisotopic (exact) mass is 292 g/mol. The molecular formula is C16H18ClFN2. The molecule has 0 aliphatic rings. The van der Waals surface area contributed by atoms with Crippen molar-refractivity contribution in [2.24, 2.45) is 0 Å². The SMILES string of the molecule is CNC(c1ccc(N(C)C)cc1)c1cc(F)ccc1Cl. The number of nitrogens with one attached hydrogen (secondary N) is 1. The minimum Gasteiger partial charge on any atom is -0.378 e. The van der Waals surface area contributed by atoms with Crippen molar-refractivity contribution in [3.63, 3.8) is 0 Å². The Morgan fingerprint density at radius 2 is 1.75 bits per heavy atom. The highest BCUT2D eigenvalue weighted by Crippen LogP contribution is 2.29. The van der Waals surface area contributed by atoms with Gasteiger partial charge in [-0.1, -0.05) is 23.7 Å². The Morgan fingerprint density at radius 1 is 1.10 bits per heavy atom. The summed E-state index contributed by atoms with van der Waals surface area (Å²) in [6.07, 6.45) is 0. The molecule has 0 aliphatic heterocycles. The number of halogens is 2. The van der Waals surface area contributed by atoms with Crippen LogP contribution >= 0.6 is 11.6 Å². The van der Waals surface area contributed by atoms with Crippen LogP contribution in [0.25, 0.3) is 0 Å². The average Bonchev–Trinajstić information content (AvgIpc) is 2.44. The molecule has 2 aromatic rings. The van der Waals surface area contributed by atoms with E-state index in [1.807, 2.05) is 50.3 Å². The summed E-state index contributed by atoms with van der Waals surface area (Å²) in [5.41, 5.74) is 2.91. The van der Waals surface area contributed by atoms with E-state index in [1.54, 1.807) is 6.07 Å². The molecule has 106 valence electrons. The molecule has 0 bridgehead atoms. The molecule has 0 spiro atoms. The van der Waals surface area contributed by atoms with Gasteiger partial charge in [-0.2, -0.15) is 0 Å². The van der Waals surface area contributed by atoms with Gasteiger partial charge in [0, 0.05) is 24.8 Å². The Kier molecular flexibility index (Phi) is 4.63. The highest BCUT2D eigenvalue weighted by molar-refractivity contribution is 6.31. The van der Waals surface area contributed by atoms with Gasteiger partial charge in [-0.15, -0.1) is 0 Å². The summed E-state index contributed by atoms with van der Waals surface area (Å²) in [7, 11) is 5.83. The lowest BCUT2D eigenvalue weighted by molar-refractivity contribution is 0.617. The molecule has 0 saturated heterocycles. The fraction of sp³-hybridized carbons (Fsp3) is 0.250. The van der Waals surface area contributed by atoms with Crippen molar-refractivity contribution in [3.05, 3.63) is 64.4 Å². The summed E-state index contributed by atoms with van der Waals surface area (Å²) in [6, 6.07) is 12.4. The van der Waals surface area contributed by atoms with Crippen LogP contribution in [0.4, 0.5) is 10.1 Å². The van der Waals surface area contributed by atoms with Gasteiger partial charge in [0.15, 0.2) is 0 Å². The molecule has 2 nitrogen and oxygen atoms in total. The number of hydrogen-bond donors (Lipinski definition) is 1. The average molecular weight is 293 g/mol. The Bertz CT molecular complexity index is 582. The summed E-state index contributed by atoms with van der Waals surface area (Å²) in [5.74, 6) is -0.283. The summed E-state index contributed by atoms with van der Waals surface area (Å²) in [5, 5.41) is 3.74. The quantitative estimate of drug-likeness (QED) is 0.921. The number of benzene rings is 2. The maximum absolute atomic E-state index is 13.4. The van der Waals surface area contributed by atoms with Crippen LogP contribution in [-0.4, -0.2) is 21.1 Å². The second-order valence-electron chi connectivity index (χ2n) is 4.87. The standard InChI is InChI=1S/C16H18ClFN2/c1-19-16(14-10-12(18)6-9-15(14)17)11-4-7-13(8-5-11)20(2)3/h4-10,16,19H,1-3H3. The van der Waals surface area contributed by atoms with E-state index in [2.05, 4.69) is 5.32 Å². The van der Waals surface area contributed by atoms with Gasteiger partial charge >= 0.3 is 0 Å². The number of nitrogens with zero attached hydrogens (tertiary/aromatic N) is 1. The van der Waals surface area contributed by atoms with Gasteiger partial charge in [-0.3, -0.25) is 0 Å². The van der Waals surface area contributed by atoms with E-state index in [-0.39, 0.29) is 11.9 Å². The van der Waals surface area contributed by atoms with Gasteiger partial charge < -0.3 is 10.2 Å². The lowest BCUT2D eigenvalue weighted by Gasteiger charge is -2.20. The first kappa shape index (κ1) is 14.8. The van der Waals surface area contributed by atoms with Crippen LogP contribution in [0.5, 0.6) is 0 Å². The van der Waals surface area contributed by atoms with Crippen molar-refractivity contribution >= 4 is 17.3 Å². The molecule has 0 saturated carbocycles. The molecule has 1 N–H and O–H groups in total. The Balaban J connectivity index is 2.39. The number of rotatable bonds is 4. The normalized spacial score (nSPS) is 12.2. The molecule has 0 aromatic heterocycles. The fourth-order valence-electron chi connectivity index (χ4n) is 2.20. The minimum atomic E-state index is -0.283. The molecular weight excluding hydrogens is 275 g/mol. The van der Waals surface area contributed by atoms with E-state index >= 15 is 0 Å². The molecule has 1 atom stereocenters. The maximum atomic E-state index is 13.4. The molecule has 0 fully saturated rings. The van der Waals surface area contributed by atoms with Crippen molar-refractivity contribution < 1.29 is 4.39 Å². The number of anilines is 1. The minimum absolute atomic E-state index is 0.130. The Morgan fingerprint density at radius 3 is 2.30 bits per heavy atom. The van der Waals surface area contributed by atoms with Crippen molar-refractivity contribution in [1.82, 2.24) is 5.32 Å². The zero-order chi connectivity index (χ0) is 14.7. The van der Waals surface area contributed by atoms with Crippen molar-refractivity contribution in [2.45, 2.75) is 6.04 Å². The van der Waals surface area contributed by atoms with Crippen LogP contribution in [0.15, 0.2) is 42.5 Å². The molecule has 4 heteroatoms. The van der Waals surface area contributed by atoms with Gasteiger partial charge in [-0.25, -0.2) is 4.39 Å². The molecule has 1 unspecified atom stereocenters. The first-order chi connectivity index (χ1) is 9.52. The van der Waals surface area contributed by atoms with Crippen LogP contribution in [0.3, 0.4) is 0 Å². The summed E-state index contributed by atoms with van der Waals surface area (Å²) >= 11 is 6.19. The second kappa shape index (κ2) is 6.25. The maximum Gasteiger partial charge on any atom is 0.123 e. The highest BCUT2D eigenvalue weighted by Gasteiger charge is 2.16. The van der Waals surface area contributed by atoms with Gasteiger partial charge in [0.25, 0.3) is 0 Å². The molecule has 0 amide bonds. The van der Waals surface area contributed by atoms with Crippen LogP contribution in [0, 0.1) is 5.82 Å². The van der Waals surface area contributed by atoms with Gasteiger partial charge in [0.2, 0.25) is 0 Å². The van der Waals surface area contributed by atoms with Gasteiger partial charge in [0.05, 0.1) is 6.04 Å². The fourth-order valence-corrected chi connectivity index (χ4v) is 2.43. The predicted molar refractivity (Wildman–Crippen MR) is 83.1 cm³/mol. The molecule has 20 heavy (non-hydrogen) atoms. The summed E-state index contributed by atoms with van der Waals surface area (Å²) in [4.78, 5) is 2.04. The zero-order valence-corrected chi connectivity index (χ0v) is 12.6. The van der Waals surface area contributed by atoms with Gasteiger partial charge in [-0.05, 0) is 48.5 Å². The molecule has 0 aliphatic carbocycles. The van der Waals surface area contributed by atoms with E-state index in [0.717, 1.165) is 16.8 Å². The van der Waals surface area contributed by atoms with Crippen molar-refractivity contribution in [1.29, 1.82) is 0 Å². The van der Waals surface area contributed by atoms with E-state index in [0.29, 0.717) is 5.02 Å². The topological polar surface area (TPSA) is 15.3 Å². The predicted octanol–water partition coefficient (Wildman–Crippen LogP) is 3.85. The molecule has 0 heterocycles. The molecule has 2 aromatic carbocycles. The summed E-state index contributed by atoms with van der Waals surface area (Å²) in [6.45, 7) is 0. The first-order valence-corrected chi connectivity index (χ1v) is 6.80. The highest BCUT2D eigenvalue weighted by atomic mass is 35.5. The van der Waals surface area contributed by atoms with Crippen LogP contribution in [0.1, 0.15) is 17.2 Å². The third-order valence-electron chi connectivity index (χ3n) is 3.30. The smallest absolute Gasteiger partial charge is 0.123 e. The van der Waals surface area contributed by atoms with E-state index in [4.69, 9.17) is 11.6 Å². The molecule has 2 rings (SSSR count). The molecule has 0 radical (unpaired) electrons. The second-order valence-corrected chi connectivity index (χ2v) is 5.28. The van der Waals surface area contributed by atoms with Crippen molar-refractivity contribution in [3.8, 4) is 0 Å². The third kappa shape index (κ3) is 3.11. The Hall–Kier alpha value is -1.58. The van der Waals surface area contributed by atoms with Crippen LogP contribution in [0.2, 0.25) is 5.02 Å².